The van der Waals surface area contributed by atoms with E-state index in [0.29, 0.717) is 0 Å². The van der Waals surface area contributed by atoms with Crippen molar-refractivity contribution < 1.29 is 14.1 Å². The largest absolute Gasteiger partial charge is 0.320 e. The Morgan fingerprint density at radius 1 is 1.35 bits per heavy atom. The van der Waals surface area contributed by atoms with Crippen molar-refractivity contribution in [3.8, 4) is 0 Å². The second-order valence-electron chi connectivity index (χ2n) is 4.10. The second-order valence-corrected chi connectivity index (χ2v) is 4.10. The molecule has 0 bridgehead atoms. The average Bonchev–Trinajstić information content (AvgIpc) is 2.41. The van der Waals surface area contributed by atoms with Gasteiger partial charge in [0, 0.05) is 6.07 Å². The summed E-state index contributed by atoms with van der Waals surface area (Å²) in [5.74, 6) is -1.32. The molecule has 0 atom stereocenters. The van der Waals surface area contributed by atoms with Crippen molar-refractivity contribution in [1.82, 2.24) is 4.98 Å². The first-order chi connectivity index (χ1) is 9.47. The molecule has 1 heterocycles. The Morgan fingerprint density at radius 2 is 2.10 bits per heavy atom. The number of halogens is 1. The van der Waals surface area contributed by atoms with Crippen molar-refractivity contribution in [3.05, 3.63) is 63.7 Å². The summed E-state index contributed by atoms with van der Waals surface area (Å²) in [4.78, 5) is 25.7. The zero-order chi connectivity index (χ0) is 14.7. The van der Waals surface area contributed by atoms with E-state index in [2.05, 4.69) is 10.3 Å². The van der Waals surface area contributed by atoms with Crippen molar-refractivity contribution in [2.75, 3.05) is 5.32 Å². The van der Waals surface area contributed by atoms with Crippen LogP contribution >= 0.6 is 0 Å². The van der Waals surface area contributed by atoms with Crippen molar-refractivity contribution in [1.29, 1.82) is 0 Å². The Morgan fingerprint density at radius 3 is 2.70 bits per heavy atom. The van der Waals surface area contributed by atoms with Gasteiger partial charge in [-0.15, -0.1) is 0 Å². The molecule has 0 spiro atoms. The van der Waals surface area contributed by atoms with Gasteiger partial charge < -0.3 is 5.32 Å². The maximum absolute atomic E-state index is 12.7. The number of nitro benzene ring substituents is 1. The molecule has 20 heavy (non-hydrogen) atoms. The lowest BCUT2D eigenvalue weighted by Gasteiger charge is -2.06. The lowest BCUT2D eigenvalue weighted by molar-refractivity contribution is -0.385. The maximum atomic E-state index is 12.7. The summed E-state index contributed by atoms with van der Waals surface area (Å²) in [6.07, 6.45) is 1.13. The second kappa shape index (κ2) is 5.43. The number of nitrogens with zero attached hydrogens (tertiary/aromatic N) is 2. The third kappa shape index (κ3) is 2.94. The first-order valence-electron chi connectivity index (χ1n) is 5.65. The number of aryl methyl sites for hydroxylation is 1. The minimum atomic E-state index is -0.676. The predicted octanol–water partition coefficient (Wildman–Crippen LogP) is 2.69. The molecule has 0 unspecified atom stereocenters. The van der Waals surface area contributed by atoms with E-state index in [1.54, 1.807) is 13.0 Å². The Hall–Kier alpha value is -2.83. The van der Waals surface area contributed by atoms with Crippen LogP contribution in [-0.2, 0) is 0 Å². The third-order valence-electron chi connectivity index (χ3n) is 2.58. The van der Waals surface area contributed by atoms with Gasteiger partial charge in [0.25, 0.3) is 11.6 Å². The number of hydrogen-bond acceptors (Lipinski definition) is 4. The number of nitrogens with one attached hydrogen (secondary N) is 1. The summed E-state index contributed by atoms with van der Waals surface area (Å²) in [7, 11) is 0. The molecule has 102 valence electrons. The average molecular weight is 275 g/mol. The van der Waals surface area contributed by atoms with E-state index < -0.39 is 16.8 Å². The Balaban J connectivity index is 2.31. The van der Waals surface area contributed by atoms with Crippen LogP contribution in [0.3, 0.4) is 0 Å². The Kier molecular flexibility index (Phi) is 3.69. The van der Waals surface area contributed by atoms with Crippen molar-refractivity contribution >= 4 is 17.3 Å². The van der Waals surface area contributed by atoms with E-state index in [1.807, 2.05) is 0 Å². The first-order valence-corrected chi connectivity index (χ1v) is 5.65. The molecule has 0 aliphatic heterocycles. The smallest absolute Gasteiger partial charge is 0.282 e. The summed E-state index contributed by atoms with van der Waals surface area (Å²) in [5, 5.41) is 13.3. The van der Waals surface area contributed by atoms with Crippen molar-refractivity contribution in [2.24, 2.45) is 0 Å². The number of carbonyl (C=O) groups is 1. The molecule has 0 aliphatic rings. The molecule has 2 rings (SSSR count). The van der Waals surface area contributed by atoms with Gasteiger partial charge in [0.15, 0.2) is 0 Å². The molecular weight excluding hydrogens is 265 g/mol. The number of carbonyl (C=O) groups excluding carboxylic acids is 1. The fourth-order valence-corrected chi connectivity index (χ4v) is 1.64. The van der Waals surface area contributed by atoms with E-state index in [0.717, 1.165) is 17.8 Å². The van der Waals surface area contributed by atoms with Crippen LogP contribution in [0.2, 0.25) is 0 Å². The molecule has 1 aromatic carbocycles. The molecule has 7 heteroatoms. The number of hydrogen-bond donors (Lipinski definition) is 1. The van der Waals surface area contributed by atoms with E-state index in [9.17, 15) is 19.3 Å². The summed E-state index contributed by atoms with van der Waals surface area (Å²) in [5.41, 5.74) is 0.632. The number of aromatic nitrogens is 1. The van der Waals surface area contributed by atoms with Crippen molar-refractivity contribution in [3.63, 3.8) is 0 Å². The van der Waals surface area contributed by atoms with Crippen LogP contribution < -0.4 is 5.32 Å². The number of nitro groups is 1. The summed E-state index contributed by atoms with van der Waals surface area (Å²) < 4.78 is 12.7. The van der Waals surface area contributed by atoms with Crippen LogP contribution in [0.15, 0.2) is 36.5 Å². The van der Waals surface area contributed by atoms with Gasteiger partial charge in [0.05, 0.1) is 16.8 Å². The van der Waals surface area contributed by atoms with Crippen LogP contribution in [0.1, 0.15) is 15.9 Å². The minimum absolute atomic E-state index is 0.0562. The normalized spacial score (nSPS) is 10.1. The number of amides is 1. The van der Waals surface area contributed by atoms with Crippen molar-refractivity contribution in [2.45, 2.75) is 6.92 Å². The van der Waals surface area contributed by atoms with Crippen LogP contribution in [0.4, 0.5) is 15.8 Å². The summed E-state index contributed by atoms with van der Waals surface area (Å²) in [6.45, 7) is 1.72. The number of rotatable bonds is 3. The molecule has 2 aromatic rings. The minimum Gasteiger partial charge on any atom is -0.320 e. The number of benzene rings is 1. The molecule has 0 fully saturated rings. The van der Waals surface area contributed by atoms with Crippen LogP contribution in [0, 0.1) is 23.0 Å². The molecule has 1 amide bonds. The van der Waals surface area contributed by atoms with Crippen LogP contribution in [0.5, 0.6) is 0 Å². The quantitative estimate of drug-likeness (QED) is 0.530. The molecule has 0 aliphatic carbocycles. The molecule has 0 radical (unpaired) electrons. The standard InChI is InChI=1S/C13H10FN3O3/c1-8-2-4-11(17(19)20)10(6-8)13(18)16-9-3-5-12(14)15-7-9/h2-7H,1H3,(H,16,18). The van der Waals surface area contributed by atoms with E-state index >= 15 is 0 Å². The third-order valence-corrected chi connectivity index (χ3v) is 2.58. The fourth-order valence-electron chi connectivity index (χ4n) is 1.64. The number of anilines is 1. The summed E-state index contributed by atoms with van der Waals surface area (Å²) in [6, 6.07) is 6.65. The Labute approximate surface area is 113 Å². The lowest BCUT2D eigenvalue weighted by Crippen LogP contribution is -2.14. The molecule has 1 N–H and O–H groups in total. The highest BCUT2D eigenvalue weighted by Gasteiger charge is 2.20. The van der Waals surface area contributed by atoms with Gasteiger partial charge >= 0.3 is 0 Å². The zero-order valence-electron chi connectivity index (χ0n) is 10.5. The lowest BCUT2D eigenvalue weighted by atomic mass is 10.1. The van der Waals surface area contributed by atoms with Gasteiger partial charge in [-0.25, -0.2) is 4.98 Å². The van der Waals surface area contributed by atoms with Gasteiger partial charge in [-0.3, -0.25) is 14.9 Å². The van der Waals surface area contributed by atoms with E-state index in [1.165, 1.54) is 18.2 Å². The van der Waals surface area contributed by atoms with Gasteiger partial charge in [0.2, 0.25) is 5.95 Å². The highest BCUT2D eigenvalue weighted by atomic mass is 19.1. The highest BCUT2D eigenvalue weighted by Crippen LogP contribution is 2.21. The number of pyridine rings is 1. The van der Waals surface area contributed by atoms with E-state index in [-0.39, 0.29) is 16.9 Å². The Bertz CT molecular complexity index is 671. The van der Waals surface area contributed by atoms with Gasteiger partial charge in [-0.05, 0) is 30.7 Å². The van der Waals surface area contributed by atoms with E-state index in [4.69, 9.17) is 0 Å². The summed E-state index contributed by atoms with van der Waals surface area (Å²) >= 11 is 0. The fraction of sp³-hybridized carbons (Fsp3) is 0.0769. The SMILES string of the molecule is Cc1ccc([N+](=O)[O-])c(C(=O)Nc2ccc(F)nc2)c1. The molecule has 1 aromatic heterocycles. The van der Waals surface area contributed by atoms with Gasteiger partial charge in [0.1, 0.15) is 5.56 Å². The molecular formula is C13H10FN3O3. The predicted molar refractivity (Wildman–Crippen MR) is 70.0 cm³/mol. The first kappa shape index (κ1) is 13.6. The topological polar surface area (TPSA) is 85.1 Å². The monoisotopic (exact) mass is 275 g/mol. The molecule has 6 nitrogen and oxygen atoms in total. The molecule has 0 saturated carbocycles. The van der Waals surface area contributed by atoms with Gasteiger partial charge in [-0.2, -0.15) is 4.39 Å². The molecule has 0 saturated heterocycles. The zero-order valence-corrected chi connectivity index (χ0v) is 10.5. The van der Waals surface area contributed by atoms with Gasteiger partial charge in [-0.1, -0.05) is 6.07 Å². The highest BCUT2D eigenvalue weighted by molar-refractivity contribution is 6.07. The van der Waals surface area contributed by atoms with Crippen LogP contribution in [0.25, 0.3) is 0 Å². The van der Waals surface area contributed by atoms with Crippen LogP contribution in [-0.4, -0.2) is 15.8 Å². The maximum Gasteiger partial charge on any atom is 0.282 e.